The number of nitrogens with one attached hydrogen (secondary N) is 1. The smallest absolute Gasteiger partial charge is 0.244 e. The Balaban J connectivity index is 0.00000242. The second-order valence-corrected chi connectivity index (χ2v) is 5.02. The molecule has 0 spiro atoms. The van der Waals surface area contributed by atoms with E-state index in [1.165, 1.54) is 0 Å². The molecule has 0 unspecified atom stereocenters. The van der Waals surface area contributed by atoms with Crippen molar-refractivity contribution in [1.29, 1.82) is 0 Å². The summed E-state index contributed by atoms with van der Waals surface area (Å²) >= 11 is 0. The normalized spacial score (nSPS) is 16.3. The van der Waals surface area contributed by atoms with E-state index in [2.05, 4.69) is 5.32 Å². The van der Waals surface area contributed by atoms with Gasteiger partial charge in [0, 0.05) is 25.0 Å². The summed E-state index contributed by atoms with van der Waals surface area (Å²) in [5.74, 6) is 1.03. The zero-order chi connectivity index (χ0) is 15.3. The Kier molecular flexibility index (Phi) is 6.93. The van der Waals surface area contributed by atoms with Gasteiger partial charge in [-0.2, -0.15) is 0 Å². The van der Waals surface area contributed by atoms with Gasteiger partial charge in [0.1, 0.15) is 5.54 Å². The molecule has 0 atom stereocenters. The van der Waals surface area contributed by atoms with Crippen molar-refractivity contribution in [3.8, 4) is 11.5 Å². The summed E-state index contributed by atoms with van der Waals surface area (Å²) in [5.41, 5.74) is 5.92. The van der Waals surface area contributed by atoms with E-state index in [1.807, 2.05) is 6.92 Å². The molecule has 6 nitrogen and oxygen atoms in total. The lowest BCUT2D eigenvalue weighted by molar-refractivity contribution is -0.124. The number of hydrogen-bond acceptors (Lipinski definition) is 5. The van der Waals surface area contributed by atoms with Gasteiger partial charge in [-0.3, -0.25) is 4.79 Å². The van der Waals surface area contributed by atoms with Gasteiger partial charge < -0.3 is 25.3 Å². The second-order valence-electron chi connectivity index (χ2n) is 5.02. The van der Waals surface area contributed by atoms with Gasteiger partial charge in [-0.15, -0.1) is 12.4 Å². The number of hydrogen-bond donors (Lipinski definition) is 2. The highest BCUT2D eigenvalue weighted by Crippen LogP contribution is 2.31. The third kappa shape index (κ3) is 4.25. The number of carbonyl (C=O) groups is 1. The van der Waals surface area contributed by atoms with Crippen molar-refractivity contribution in [3.63, 3.8) is 0 Å². The number of amides is 1. The molecule has 7 heteroatoms. The van der Waals surface area contributed by atoms with Crippen LogP contribution in [0, 0.1) is 0 Å². The average Bonchev–Trinajstić information content (AvgIpc) is 2.48. The first-order valence-corrected chi connectivity index (χ1v) is 7.08. The van der Waals surface area contributed by atoms with Crippen LogP contribution in [0.4, 0.5) is 5.69 Å². The summed E-state index contributed by atoms with van der Waals surface area (Å²) in [5, 5.41) is 2.85. The van der Waals surface area contributed by atoms with Crippen LogP contribution >= 0.6 is 12.4 Å². The lowest BCUT2D eigenvalue weighted by Crippen LogP contribution is -2.54. The van der Waals surface area contributed by atoms with Crippen molar-refractivity contribution in [2.24, 2.45) is 5.73 Å². The third-order valence-corrected chi connectivity index (χ3v) is 3.56. The van der Waals surface area contributed by atoms with Crippen LogP contribution in [0.1, 0.15) is 19.8 Å². The van der Waals surface area contributed by atoms with E-state index in [0.29, 0.717) is 49.8 Å². The SMILES string of the molecule is CCOc1cc(NC(=O)C2(N)CCOCC2)ccc1OC.Cl. The fourth-order valence-electron chi connectivity index (χ4n) is 2.24. The standard InChI is InChI=1S/C15H22N2O4.ClH/c1-3-21-13-10-11(4-5-12(13)19-2)17-14(18)15(16)6-8-20-9-7-15;/h4-5,10H,3,6-9,16H2,1-2H3,(H,17,18);1H. The van der Waals surface area contributed by atoms with Gasteiger partial charge in [0.05, 0.1) is 13.7 Å². The maximum atomic E-state index is 12.3. The first-order chi connectivity index (χ1) is 10.1. The van der Waals surface area contributed by atoms with E-state index in [9.17, 15) is 4.79 Å². The third-order valence-electron chi connectivity index (χ3n) is 3.56. The van der Waals surface area contributed by atoms with Gasteiger partial charge in [-0.25, -0.2) is 0 Å². The van der Waals surface area contributed by atoms with Gasteiger partial charge >= 0.3 is 0 Å². The number of halogens is 1. The van der Waals surface area contributed by atoms with E-state index >= 15 is 0 Å². The van der Waals surface area contributed by atoms with E-state index in [4.69, 9.17) is 19.9 Å². The minimum Gasteiger partial charge on any atom is -0.493 e. The van der Waals surface area contributed by atoms with Crippen molar-refractivity contribution >= 4 is 24.0 Å². The van der Waals surface area contributed by atoms with Gasteiger partial charge in [0.25, 0.3) is 0 Å². The Morgan fingerprint density at radius 3 is 2.64 bits per heavy atom. The summed E-state index contributed by atoms with van der Waals surface area (Å²) < 4.78 is 16.0. The molecular formula is C15H23ClN2O4. The lowest BCUT2D eigenvalue weighted by atomic mass is 9.90. The molecule has 1 aromatic carbocycles. The molecule has 1 saturated heterocycles. The monoisotopic (exact) mass is 330 g/mol. The molecule has 1 amide bonds. The predicted molar refractivity (Wildman–Crippen MR) is 87.0 cm³/mol. The zero-order valence-corrected chi connectivity index (χ0v) is 13.7. The summed E-state index contributed by atoms with van der Waals surface area (Å²) in [7, 11) is 1.58. The predicted octanol–water partition coefficient (Wildman–Crippen LogP) is 1.96. The van der Waals surface area contributed by atoms with Crippen LogP contribution in [0.5, 0.6) is 11.5 Å². The Bertz CT molecular complexity index is 504. The molecule has 0 radical (unpaired) electrons. The average molecular weight is 331 g/mol. The highest BCUT2D eigenvalue weighted by Gasteiger charge is 2.35. The summed E-state index contributed by atoms with van der Waals surface area (Å²) in [4.78, 5) is 12.3. The number of ether oxygens (including phenoxy) is 3. The number of carbonyl (C=O) groups excluding carboxylic acids is 1. The first kappa shape index (κ1) is 18.5. The number of anilines is 1. The molecule has 0 aliphatic carbocycles. The number of rotatable bonds is 5. The quantitative estimate of drug-likeness (QED) is 0.862. The minimum absolute atomic E-state index is 0. The Labute approximate surface area is 136 Å². The lowest BCUT2D eigenvalue weighted by Gasteiger charge is -2.31. The first-order valence-electron chi connectivity index (χ1n) is 7.08. The molecule has 1 aromatic rings. The van der Waals surface area contributed by atoms with E-state index < -0.39 is 5.54 Å². The Hall–Kier alpha value is -1.50. The molecule has 0 aromatic heterocycles. The fourth-order valence-corrected chi connectivity index (χ4v) is 2.24. The molecule has 3 N–H and O–H groups in total. The van der Waals surface area contributed by atoms with Crippen molar-refractivity contribution in [3.05, 3.63) is 18.2 Å². The molecule has 0 saturated carbocycles. The highest BCUT2D eigenvalue weighted by molar-refractivity contribution is 5.98. The fraction of sp³-hybridized carbons (Fsp3) is 0.533. The van der Waals surface area contributed by atoms with Crippen LogP contribution in [0.3, 0.4) is 0 Å². The van der Waals surface area contributed by atoms with Crippen LogP contribution in [-0.2, 0) is 9.53 Å². The molecule has 124 valence electrons. The molecule has 1 fully saturated rings. The Morgan fingerprint density at radius 2 is 2.05 bits per heavy atom. The molecule has 2 rings (SSSR count). The van der Waals surface area contributed by atoms with Crippen LogP contribution in [-0.4, -0.2) is 38.4 Å². The molecule has 22 heavy (non-hydrogen) atoms. The number of methoxy groups -OCH3 is 1. The highest BCUT2D eigenvalue weighted by atomic mass is 35.5. The second kappa shape index (κ2) is 8.22. The van der Waals surface area contributed by atoms with E-state index in [0.717, 1.165) is 0 Å². The minimum atomic E-state index is -0.871. The van der Waals surface area contributed by atoms with E-state index in [1.54, 1.807) is 25.3 Å². The molecule has 1 heterocycles. The largest absolute Gasteiger partial charge is 0.493 e. The van der Waals surface area contributed by atoms with Gasteiger partial charge in [-0.1, -0.05) is 0 Å². The van der Waals surface area contributed by atoms with Crippen LogP contribution < -0.4 is 20.5 Å². The molecule has 1 aliphatic heterocycles. The maximum absolute atomic E-state index is 12.3. The zero-order valence-electron chi connectivity index (χ0n) is 12.9. The van der Waals surface area contributed by atoms with Crippen LogP contribution in [0.2, 0.25) is 0 Å². The van der Waals surface area contributed by atoms with Crippen molar-refractivity contribution in [2.45, 2.75) is 25.3 Å². The van der Waals surface area contributed by atoms with Crippen molar-refractivity contribution in [2.75, 3.05) is 32.2 Å². The van der Waals surface area contributed by atoms with Crippen molar-refractivity contribution in [1.82, 2.24) is 0 Å². The van der Waals surface area contributed by atoms with Crippen LogP contribution in [0.25, 0.3) is 0 Å². The number of benzene rings is 1. The summed E-state index contributed by atoms with van der Waals surface area (Å²) in [6.07, 6.45) is 1.04. The molecule has 1 aliphatic rings. The van der Waals surface area contributed by atoms with Gasteiger partial charge in [-0.05, 0) is 31.9 Å². The Morgan fingerprint density at radius 1 is 1.36 bits per heavy atom. The van der Waals surface area contributed by atoms with Gasteiger partial charge in [0.2, 0.25) is 5.91 Å². The molecular weight excluding hydrogens is 308 g/mol. The summed E-state index contributed by atoms with van der Waals surface area (Å²) in [6, 6.07) is 5.26. The summed E-state index contributed by atoms with van der Waals surface area (Å²) in [6.45, 7) is 3.43. The van der Waals surface area contributed by atoms with Crippen molar-refractivity contribution < 1.29 is 19.0 Å². The van der Waals surface area contributed by atoms with E-state index in [-0.39, 0.29) is 18.3 Å². The van der Waals surface area contributed by atoms with Crippen LogP contribution in [0.15, 0.2) is 18.2 Å². The molecule has 0 bridgehead atoms. The maximum Gasteiger partial charge on any atom is 0.244 e. The topological polar surface area (TPSA) is 82.8 Å². The van der Waals surface area contributed by atoms with Gasteiger partial charge in [0.15, 0.2) is 11.5 Å². The number of nitrogens with two attached hydrogens (primary N) is 1.